The molecule has 3 rings (SSSR count). The van der Waals surface area contributed by atoms with E-state index in [9.17, 15) is 5.11 Å². The summed E-state index contributed by atoms with van der Waals surface area (Å²) in [6.07, 6.45) is 1.49. The third-order valence-electron chi connectivity index (χ3n) is 2.83. The Labute approximate surface area is 113 Å². The average molecular weight is 269 g/mol. The number of anilines is 2. The summed E-state index contributed by atoms with van der Waals surface area (Å²) in [5.74, 6) is 0.478. The molecule has 0 aliphatic carbocycles. The Balaban J connectivity index is 1.94. The van der Waals surface area contributed by atoms with E-state index in [1.165, 1.54) is 6.21 Å². The van der Waals surface area contributed by atoms with Crippen molar-refractivity contribution in [1.82, 2.24) is 10.3 Å². The molecular formula is C13H11N5O2. The Morgan fingerprint density at radius 1 is 1.20 bits per heavy atom. The third-order valence-corrected chi connectivity index (χ3v) is 2.83. The first-order valence-electron chi connectivity index (χ1n) is 5.83. The maximum atomic E-state index is 9.93. The number of aromatic hydroxyl groups is 1. The van der Waals surface area contributed by atoms with Gasteiger partial charge in [-0.1, -0.05) is 30.3 Å². The molecule has 0 atom stereocenters. The molecular weight excluding hydrogens is 258 g/mol. The van der Waals surface area contributed by atoms with E-state index >= 15 is 0 Å². The number of rotatable bonds is 3. The maximum Gasteiger partial charge on any atom is 0.235 e. The van der Waals surface area contributed by atoms with Crippen molar-refractivity contribution in [3.8, 4) is 5.75 Å². The van der Waals surface area contributed by atoms with Crippen LogP contribution in [0.3, 0.4) is 0 Å². The van der Waals surface area contributed by atoms with E-state index in [0.717, 1.165) is 10.8 Å². The summed E-state index contributed by atoms with van der Waals surface area (Å²) in [6.45, 7) is 0. The van der Waals surface area contributed by atoms with Crippen molar-refractivity contribution in [2.24, 2.45) is 5.10 Å². The normalized spacial score (nSPS) is 11.2. The number of hydrazone groups is 1. The number of nitrogens with one attached hydrogen (secondary N) is 1. The monoisotopic (exact) mass is 269 g/mol. The van der Waals surface area contributed by atoms with E-state index in [2.05, 4.69) is 25.5 Å². The molecule has 0 radical (unpaired) electrons. The van der Waals surface area contributed by atoms with Crippen molar-refractivity contribution in [1.29, 1.82) is 0 Å². The van der Waals surface area contributed by atoms with Crippen LogP contribution in [0.4, 0.5) is 11.6 Å². The number of phenolic OH excluding ortho intramolecular Hbond substituents is 1. The zero-order valence-electron chi connectivity index (χ0n) is 10.3. The minimum atomic E-state index is 0.115. The molecule has 0 unspecified atom stereocenters. The van der Waals surface area contributed by atoms with Crippen LogP contribution in [-0.2, 0) is 0 Å². The molecule has 0 amide bonds. The highest BCUT2D eigenvalue weighted by atomic mass is 16.6. The van der Waals surface area contributed by atoms with Gasteiger partial charge >= 0.3 is 0 Å². The van der Waals surface area contributed by atoms with Crippen molar-refractivity contribution >= 4 is 28.6 Å². The first-order chi connectivity index (χ1) is 9.75. The number of aromatic nitrogens is 2. The molecule has 2 aromatic carbocycles. The van der Waals surface area contributed by atoms with Crippen LogP contribution in [0, 0.1) is 0 Å². The highest BCUT2D eigenvalue weighted by molar-refractivity contribution is 6.02. The number of hydrogen-bond donors (Lipinski definition) is 3. The number of nitrogen functional groups attached to an aromatic ring is 1. The Morgan fingerprint density at radius 2 is 2.05 bits per heavy atom. The molecule has 1 heterocycles. The minimum absolute atomic E-state index is 0.115. The number of benzene rings is 2. The van der Waals surface area contributed by atoms with Gasteiger partial charge in [-0.15, -0.1) is 0 Å². The standard InChI is InChI=1S/C13H11N5O2/c14-12-13(18-20-17-12)16-15-7-10-9-4-2-1-3-8(9)5-6-11(10)19/h1-7,19H,(H2,14,17)(H,16,18)/b15-7+. The molecule has 0 aliphatic heterocycles. The fraction of sp³-hybridized carbons (Fsp3) is 0. The van der Waals surface area contributed by atoms with E-state index < -0.39 is 0 Å². The Bertz CT molecular complexity index is 781. The Hall–Kier alpha value is -3.09. The first kappa shape index (κ1) is 12.0. The molecule has 100 valence electrons. The molecule has 3 aromatic rings. The fourth-order valence-corrected chi connectivity index (χ4v) is 1.85. The summed E-state index contributed by atoms with van der Waals surface area (Å²) >= 11 is 0. The quantitative estimate of drug-likeness (QED) is 0.495. The zero-order chi connectivity index (χ0) is 13.9. The maximum absolute atomic E-state index is 9.93. The van der Waals surface area contributed by atoms with Crippen molar-refractivity contribution < 1.29 is 9.74 Å². The number of hydrogen-bond acceptors (Lipinski definition) is 7. The van der Waals surface area contributed by atoms with Gasteiger partial charge in [0.1, 0.15) is 5.75 Å². The Morgan fingerprint density at radius 3 is 2.85 bits per heavy atom. The lowest BCUT2D eigenvalue weighted by molar-refractivity contribution is 0.310. The van der Waals surface area contributed by atoms with Gasteiger partial charge in [-0.25, -0.2) is 4.63 Å². The molecule has 0 bridgehead atoms. The van der Waals surface area contributed by atoms with Crippen LogP contribution < -0.4 is 11.2 Å². The van der Waals surface area contributed by atoms with Crippen molar-refractivity contribution in [2.45, 2.75) is 0 Å². The molecule has 7 heteroatoms. The summed E-state index contributed by atoms with van der Waals surface area (Å²) in [4.78, 5) is 0. The minimum Gasteiger partial charge on any atom is -0.507 e. The molecule has 7 nitrogen and oxygen atoms in total. The SMILES string of the molecule is Nc1nonc1N/N=C/c1c(O)ccc2ccccc12. The first-order valence-corrected chi connectivity index (χ1v) is 5.83. The lowest BCUT2D eigenvalue weighted by Crippen LogP contribution is -1.96. The van der Waals surface area contributed by atoms with E-state index in [1.54, 1.807) is 6.07 Å². The van der Waals surface area contributed by atoms with Crippen molar-refractivity contribution in [3.05, 3.63) is 42.0 Å². The second kappa shape index (κ2) is 4.88. The van der Waals surface area contributed by atoms with Gasteiger partial charge in [0.2, 0.25) is 11.6 Å². The number of fused-ring (bicyclic) bond motifs is 1. The van der Waals surface area contributed by atoms with E-state index in [4.69, 9.17) is 5.73 Å². The summed E-state index contributed by atoms with van der Waals surface area (Å²) in [6, 6.07) is 11.2. The number of nitrogens with zero attached hydrogens (tertiary/aromatic N) is 3. The molecule has 0 saturated carbocycles. The highest BCUT2D eigenvalue weighted by Gasteiger charge is 2.05. The second-order valence-electron chi connectivity index (χ2n) is 4.09. The molecule has 0 saturated heterocycles. The largest absolute Gasteiger partial charge is 0.507 e. The van der Waals surface area contributed by atoms with Crippen LogP contribution in [0.15, 0.2) is 46.1 Å². The molecule has 1 aromatic heterocycles. The smallest absolute Gasteiger partial charge is 0.235 e. The predicted molar refractivity (Wildman–Crippen MR) is 75.5 cm³/mol. The lowest BCUT2D eigenvalue weighted by Gasteiger charge is -2.04. The van der Waals surface area contributed by atoms with Crippen LogP contribution in [0.5, 0.6) is 5.75 Å². The van der Waals surface area contributed by atoms with Gasteiger partial charge < -0.3 is 10.8 Å². The number of phenols is 1. The Kier molecular flexibility index (Phi) is 2.92. The topological polar surface area (TPSA) is 110 Å². The van der Waals surface area contributed by atoms with Gasteiger partial charge in [0.15, 0.2) is 0 Å². The predicted octanol–water partition coefficient (Wildman–Crippen LogP) is 1.96. The molecule has 4 N–H and O–H groups in total. The molecule has 20 heavy (non-hydrogen) atoms. The zero-order valence-corrected chi connectivity index (χ0v) is 10.3. The van der Waals surface area contributed by atoms with Crippen molar-refractivity contribution in [3.63, 3.8) is 0 Å². The van der Waals surface area contributed by atoms with Gasteiger partial charge in [0.25, 0.3) is 0 Å². The number of nitrogens with two attached hydrogens (primary N) is 1. The second-order valence-corrected chi connectivity index (χ2v) is 4.09. The van der Waals surface area contributed by atoms with Crippen LogP contribution >= 0.6 is 0 Å². The average Bonchev–Trinajstić information content (AvgIpc) is 2.87. The van der Waals surface area contributed by atoms with Crippen LogP contribution in [0.25, 0.3) is 10.8 Å². The van der Waals surface area contributed by atoms with Gasteiger partial charge in [0, 0.05) is 5.56 Å². The summed E-state index contributed by atoms with van der Waals surface area (Å²) in [7, 11) is 0. The summed E-state index contributed by atoms with van der Waals surface area (Å²) in [5.41, 5.74) is 8.69. The van der Waals surface area contributed by atoms with E-state index in [-0.39, 0.29) is 17.4 Å². The molecule has 0 aliphatic rings. The van der Waals surface area contributed by atoms with E-state index in [0.29, 0.717) is 5.56 Å². The van der Waals surface area contributed by atoms with E-state index in [1.807, 2.05) is 30.3 Å². The summed E-state index contributed by atoms with van der Waals surface area (Å²) in [5, 5.41) is 22.8. The van der Waals surface area contributed by atoms with Crippen LogP contribution in [0.1, 0.15) is 5.56 Å². The third kappa shape index (κ3) is 2.12. The fourth-order valence-electron chi connectivity index (χ4n) is 1.85. The van der Waals surface area contributed by atoms with Gasteiger partial charge in [-0.2, -0.15) is 5.10 Å². The van der Waals surface area contributed by atoms with Gasteiger partial charge in [-0.05, 0) is 27.2 Å². The van der Waals surface area contributed by atoms with Crippen LogP contribution in [0.2, 0.25) is 0 Å². The van der Waals surface area contributed by atoms with Crippen molar-refractivity contribution in [2.75, 3.05) is 11.2 Å². The molecule has 0 fully saturated rings. The van der Waals surface area contributed by atoms with Crippen LogP contribution in [-0.4, -0.2) is 21.6 Å². The lowest BCUT2D eigenvalue weighted by atomic mass is 10.0. The van der Waals surface area contributed by atoms with Gasteiger partial charge in [-0.3, -0.25) is 5.43 Å². The molecule has 0 spiro atoms. The van der Waals surface area contributed by atoms with Gasteiger partial charge in [0.05, 0.1) is 6.21 Å². The summed E-state index contributed by atoms with van der Waals surface area (Å²) < 4.78 is 4.43. The highest BCUT2D eigenvalue weighted by Crippen LogP contribution is 2.25.